The average Bonchev–Trinajstić information content (AvgIpc) is 2.63. The highest BCUT2D eigenvalue weighted by Gasteiger charge is 2.32. The number of sulfonamides is 1. The van der Waals surface area contributed by atoms with Crippen molar-refractivity contribution in [2.75, 3.05) is 25.4 Å². The van der Waals surface area contributed by atoms with Crippen molar-refractivity contribution in [3.63, 3.8) is 0 Å². The van der Waals surface area contributed by atoms with Gasteiger partial charge >= 0.3 is 6.09 Å². The Bertz CT molecular complexity index is 945. The lowest BCUT2D eigenvalue weighted by molar-refractivity contribution is 0.0846. The molecule has 1 amide bonds. The van der Waals surface area contributed by atoms with Gasteiger partial charge in [-0.15, -0.1) is 0 Å². The van der Waals surface area contributed by atoms with Crippen molar-refractivity contribution in [1.29, 1.82) is 0 Å². The van der Waals surface area contributed by atoms with Gasteiger partial charge in [-0.25, -0.2) is 17.9 Å². The first kappa shape index (κ1) is 19.4. The lowest BCUT2D eigenvalue weighted by atomic mass is 9.95. The largest absolute Gasteiger partial charge is 0.450 e. The van der Waals surface area contributed by atoms with Gasteiger partial charge in [-0.1, -0.05) is 31.2 Å². The fraction of sp³-hybridized carbons (Fsp3) is 0.421. The van der Waals surface area contributed by atoms with Gasteiger partial charge in [0.25, 0.3) is 0 Å². The molecule has 1 aliphatic rings. The van der Waals surface area contributed by atoms with Crippen LogP contribution in [0.25, 0.3) is 10.8 Å². The third-order valence-electron chi connectivity index (χ3n) is 4.95. The lowest BCUT2D eigenvalue weighted by Gasteiger charge is -2.36. The van der Waals surface area contributed by atoms with Crippen LogP contribution in [-0.2, 0) is 14.8 Å². The van der Waals surface area contributed by atoms with Crippen molar-refractivity contribution >= 4 is 32.6 Å². The van der Waals surface area contributed by atoms with Crippen LogP contribution >= 0.6 is 0 Å². The van der Waals surface area contributed by atoms with E-state index in [-0.39, 0.29) is 22.9 Å². The third kappa shape index (κ3) is 4.01. The van der Waals surface area contributed by atoms with Crippen molar-refractivity contribution < 1.29 is 17.9 Å². The van der Waals surface area contributed by atoms with E-state index < -0.39 is 10.0 Å². The predicted molar refractivity (Wildman–Crippen MR) is 105 cm³/mol. The van der Waals surface area contributed by atoms with E-state index in [1.165, 1.54) is 0 Å². The number of carbonyl (C=O) groups excluding carboxylic acids is 1. The van der Waals surface area contributed by atoms with E-state index in [1.807, 2.05) is 19.1 Å². The van der Waals surface area contributed by atoms with Crippen LogP contribution in [0.4, 0.5) is 10.5 Å². The lowest BCUT2D eigenvalue weighted by Crippen LogP contribution is -2.51. The van der Waals surface area contributed by atoms with E-state index in [2.05, 4.69) is 4.72 Å². The molecule has 0 spiro atoms. The highest BCUT2D eigenvalue weighted by molar-refractivity contribution is 7.89. The van der Waals surface area contributed by atoms with Crippen LogP contribution < -0.4 is 10.5 Å². The zero-order valence-electron chi connectivity index (χ0n) is 15.5. The van der Waals surface area contributed by atoms with Crippen molar-refractivity contribution in [1.82, 2.24) is 9.62 Å². The SMILES string of the molecule is CCOC(=O)N1CC[C@H](NS(=O)(=O)c2ccc(N)c3ccccc23)[C@@H](C)C1. The summed E-state index contributed by atoms with van der Waals surface area (Å²) in [7, 11) is -3.72. The van der Waals surface area contributed by atoms with Crippen molar-refractivity contribution in [3.8, 4) is 0 Å². The number of hydrogen-bond donors (Lipinski definition) is 2. The van der Waals surface area contributed by atoms with Crippen LogP contribution in [0.5, 0.6) is 0 Å². The quantitative estimate of drug-likeness (QED) is 0.780. The number of hydrogen-bond acceptors (Lipinski definition) is 5. The number of anilines is 1. The summed E-state index contributed by atoms with van der Waals surface area (Å²) in [4.78, 5) is 13.7. The first-order valence-corrected chi connectivity index (χ1v) is 10.5. The molecule has 1 heterocycles. The Hall–Kier alpha value is -2.32. The topological polar surface area (TPSA) is 102 Å². The Morgan fingerprint density at radius 2 is 1.96 bits per heavy atom. The molecule has 27 heavy (non-hydrogen) atoms. The summed E-state index contributed by atoms with van der Waals surface area (Å²) in [6.45, 7) is 4.93. The van der Waals surface area contributed by atoms with Crippen LogP contribution in [0.1, 0.15) is 20.3 Å². The summed E-state index contributed by atoms with van der Waals surface area (Å²) in [5, 5.41) is 1.31. The molecule has 0 aliphatic carbocycles. The fourth-order valence-corrected chi connectivity index (χ4v) is 5.08. The molecule has 1 saturated heterocycles. The van der Waals surface area contributed by atoms with Crippen LogP contribution in [0.3, 0.4) is 0 Å². The smallest absolute Gasteiger partial charge is 0.409 e. The standard InChI is InChI=1S/C19H25N3O4S/c1-3-26-19(23)22-11-10-17(13(2)12-22)21-27(24,25)18-9-8-16(20)14-6-4-5-7-15(14)18/h4-9,13,17,21H,3,10-12,20H2,1-2H3/t13-,17-/m0/s1. The molecule has 0 saturated carbocycles. The number of piperidine rings is 1. The number of rotatable bonds is 4. The summed E-state index contributed by atoms with van der Waals surface area (Å²) in [6, 6.07) is 10.1. The van der Waals surface area contributed by atoms with E-state index in [4.69, 9.17) is 10.5 Å². The highest BCUT2D eigenvalue weighted by atomic mass is 32.2. The Labute approximate surface area is 159 Å². The Balaban J connectivity index is 1.80. The summed E-state index contributed by atoms with van der Waals surface area (Å²) in [6.07, 6.45) is 0.182. The minimum atomic E-state index is -3.72. The number of nitrogen functional groups attached to an aromatic ring is 1. The van der Waals surface area contributed by atoms with E-state index in [0.29, 0.717) is 42.6 Å². The number of nitrogens with one attached hydrogen (secondary N) is 1. The molecule has 2 aromatic rings. The molecule has 1 aliphatic heterocycles. The van der Waals surface area contributed by atoms with E-state index >= 15 is 0 Å². The number of ether oxygens (including phenoxy) is 1. The van der Waals surface area contributed by atoms with Crippen molar-refractivity contribution in [3.05, 3.63) is 36.4 Å². The fourth-order valence-electron chi connectivity index (χ4n) is 3.49. The molecular weight excluding hydrogens is 366 g/mol. The Morgan fingerprint density at radius 3 is 2.63 bits per heavy atom. The first-order chi connectivity index (χ1) is 12.8. The van der Waals surface area contributed by atoms with Gasteiger partial charge in [-0.3, -0.25) is 0 Å². The molecule has 8 heteroatoms. The number of fused-ring (bicyclic) bond motifs is 1. The molecule has 0 radical (unpaired) electrons. The molecule has 0 bridgehead atoms. The molecule has 3 rings (SSSR count). The molecular formula is C19H25N3O4S. The second kappa shape index (κ2) is 7.74. The highest BCUT2D eigenvalue weighted by Crippen LogP contribution is 2.28. The molecule has 2 aromatic carbocycles. The number of benzene rings is 2. The zero-order valence-corrected chi connectivity index (χ0v) is 16.3. The maximum Gasteiger partial charge on any atom is 0.409 e. The molecule has 3 N–H and O–H groups in total. The van der Waals surface area contributed by atoms with Gasteiger partial charge in [0.15, 0.2) is 0 Å². The van der Waals surface area contributed by atoms with Crippen LogP contribution in [-0.4, -0.2) is 45.1 Å². The van der Waals surface area contributed by atoms with Gasteiger partial charge in [0.2, 0.25) is 10.0 Å². The molecule has 2 atom stereocenters. The van der Waals surface area contributed by atoms with Crippen LogP contribution in [0.15, 0.2) is 41.3 Å². The number of likely N-dealkylation sites (tertiary alicyclic amines) is 1. The van der Waals surface area contributed by atoms with Gasteiger partial charge in [-0.05, 0) is 31.4 Å². The normalized spacial score (nSPS) is 20.6. The van der Waals surface area contributed by atoms with E-state index in [0.717, 1.165) is 0 Å². The minimum Gasteiger partial charge on any atom is -0.450 e. The van der Waals surface area contributed by atoms with Crippen LogP contribution in [0.2, 0.25) is 0 Å². The predicted octanol–water partition coefficient (Wildman–Crippen LogP) is 2.57. The third-order valence-corrected chi connectivity index (χ3v) is 6.49. The summed E-state index contributed by atoms with van der Waals surface area (Å²) in [5.74, 6) is -0.0297. The average molecular weight is 391 g/mol. The van der Waals surface area contributed by atoms with Gasteiger partial charge < -0.3 is 15.4 Å². The maximum absolute atomic E-state index is 13.0. The van der Waals surface area contributed by atoms with Gasteiger partial charge in [-0.2, -0.15) is 0 Å². The molecule has 7 nitrogen and oxygen atoms in total. The number of amides is 1. The van der Waals surface area contributed by atoms with Gasteiger partial charge in [0.1, 0.15) is 0 Å². The molecule has 146 valence electrons. The summed E-state index contributed by atoms with van der Waals surface area (Å²) in [5.41, 5.74) is 6.52. The van der Waals surface area contributed by atoms with E-state index in [1.54, 1.807) is 36.1 Å². The van der Waals surface area contributed by atoms with E-state index in [9.17, 15) is 13.2 Å². The van der Waals surface area contributed by atoms with Crippen LogP contribution in [0, 0.1) is 5.92 Å². The Morgan fingerprint density at radius 1 is 1.26 bits per heavy atom. The number of nitrogens with zero attached hydrogens (tertiary/aromatic N) is 1. The second-order valence-corrected chi connectivity index (χ2v) is 8.52. The molecule has 1 fully saturated rings. The van der Waals surface area contributed by atoms with Crippen molar-refractivity contribution in [2.24, 2.45) is 5.92 Å². The summed E-state index contributed by atoms with van der Waals surface area (Å²) < 4.78 is 33.9. The Kier molecular flexibility index (Phi) is 5.57. The van der Waals surface area contributed by atoms with Gasteiger partial charge in [0.05, 0.1) is 11.5 Å². The van der Waals surface area contributed by atoms with Gasteiger partial charge in [0, 0.05) is 35.6 Å². The summed E-state index contributed by atoms with van der Waals surface area (Å²) >= 11 is 0. The van der Waals surface area contributed by atoms with Crippen molar-refractivity contribution in [2.45, 2.75) is 31.2 Å². The minimum absolute atomic E-state index is 0.0297. The first-order valence-electron chi connectivity index (χ1n) is 9.04. The second-order valence-electron chi connectivity index (χ2n) is 6.84. The zero-order chi connectivity index (χ0) is 19.6. The number of carbonyl (C=O) groups is 1. The molecule has 0 unspecified atom stereocenters. The number of nitrogens with two attached hydrogens (primary N) is 1. The maximum atomic E-state index is 13.0. The monoisotopic (exact) mass is 391 g/mol. The molecule has 0 aromatic heterocycles.